The van der Waals surface area contributed by atoms with Crippen LogP contribution in [0.1, 0.15) is 23.2 Å². The number of halogens is 1. The van der Waals surface area contributed by atoms with E-state index in [-0.39, 0.29) is 11.6 Å². The Morgan fingerprint density at radius 3 is 2.70 bits per heavy atom. The molecule has 3 rings (SSSR count). The topological polar surface area (TPSA) is 93.1 Å². The fourth-order valence-electron chi connectivity index (χ4n) is 2.02. The highest BCUT2D eigenvalue weighted by Crippen LogP contribution is 2.24. The maximum Gasteiger partial charge on any atom is 0.256 e. The summed E-state index contributed by atoms with van der Waals surface area (Å²) in [5.74, 6) is -0.994. The van der Waals surface area contributed by atoms with Crippen molar-refractivity contribution in [2.24, 2.45) is 7.05 Å². The van der Waals surface area contributed by atoms with E-state index in [9.17, 15) is 17.6 Å². The summed E-state index contributed by atoms with van der Waals surface area (Å²) in [6, 6.07) is 4.68. The van der Waals surface area contributed by atoms with Gasteiger partial charge in [-0.15, -0.1) is 0 Å². The summed E-state index contributed by atoms with van der Waals surface area (Å²) >= 11 is 0. The molecular formula is C14H15FN4O3S. The lowest BCUT2D eigenvalue weighted by Gasteiger charge is -2.09. The van der Waals surface area contributed by atoms with E-state index in [4.69, 9.17) is 0 Å². The zero-order valence-electron chi connectivity index (χ0n) is 12.3. The molecule has 0 aliphatic heterocycles. The highest BCUT2D eigenvalue weighted by atomic mass is 32.2. The standard InChI is InChI=1S/C14H15FN4O3S/c1-19-13(6-7-16-19)17-14(20)9-2-5-11(15)12(8-9)23(21,22)18-10-3-4-10/h2,5-8,10,18H,3-4H2,1H3,(H,17,20). The molecule has 1 amide bonds. The highest BCUT2D eigenvalue weighted by Gasteiger charge is 2.30. The Bertz CT molecular complexity index is 859. The third kappa shape index (κ3) is 3.40. The first-order valence-electron chi connectivity index (χ1n) is 6.98. The van der Waals surface area contributed by atoms with E-state index in [0.717, 1.165) is 25.0 Å². The number of carbonyl (C=O) groups is 1. The van der Waals surface area contributed by atoms with Gasteiger partial charge < -0.3 is 5.32 Å². The van der Waals surface area contributed by atoms with Crippen LogP contribution in [0.5, 0.6) is 0 Å². The Morgan fingerprint density at radius 1 is 1.35 bits per heavy atom. The Kier molecular flexibility index (Phi) is 3.90. The zero-order chi connectivity index (χ0) is 16.6. The smallest absolute Gasteiger partial charge is 0.256 e. The number of hydrogen-bond donors (Lipinski definition) is 2. The summed E-state index contributed by atoms with van der Waals surface area (Å²) in [5.41, 5.74) is 0.0452. The number of hydrogen-bond acceptors (Lipinski definition) is 4. The van der Waals surface area contributed by atoms with Gasteiger partial charge in [-0.25, -0.2) is 17.5 Å². The monoisotopic (exact) mass is 338 g/mol. The molecule has 1 saturated carbocycles. The van der Waals surface area contributed by atoms with Crippen LogP contribution in [0.15, 0.2) is 35.4 Å². The number of nitrogens with zero attached hydrogens (tertiary/aromatic N) is 2. The molecule has 7 nitrogen and oxygen atoms in total. The van der Waals surface area contributed by atoms with Gasteiger partial charge in [0, 0.05) is 24.7 Å². The van der Waals surface area contributed by atoms with Gasteiger partial charge in [-0.3, -0.25) is 9.48 Å². The summed E-state index contributed by atoms with van der Waals surface area (Å²) in [7, 11) is -2.33. The lowest BCUT2D eigenvalue weighted by atomic mass is 10.2. The highest BCUT2D eigenvalue weighted by molar-refractivity contribution is 7.89. The van der Waals surface area contributed by atoms with Crippen LogP contribution in [-0.4, -0.2) is 30.1 Å². The predicted octanol–water partition coefficient (Wildman–Crippen LogP) is 1.25. The molecule has 0 unspecified atom stereocenters. The Hall–Kier alpha value is -2.26. The normalized spacial score (nSPS) is 14.7. The summed E-state index contributed by atoms with van der Waals surface area (Å²) in [5, 5.41) is 6.49. The van der Waals surface area contributed by atoms with Gasteiger partial charge in [-0.2, -0.15) is 5.10 Å². The second-order valence-electron chi connectivity index (χ2n) is 5.33. The van der Waals surface area contributed by atoms with Gasteiger partial charge in [-0.05, 0) is 31.0 Å². The number of anilines is 1. The lowest BCUT2D eigenvalue weighted by molar-refractivity contribution is 0.102. The van der Waals surface area contributed by atoms with E-state index >= 15 is 0 Å². The first kappa shape index (κ1) is 15.6. The average molecular weight is 338 g/mol. The van der Waals surface area contributed by atoms with Gasteiger partial charge in [0.05, 0.1) is 6.20 Å². The van der Waals surface area contributed by atoms with Crippen LogP contribution in [0.2, 0.25) is 0 Å². The van der Waals surface area contributed by atoms with Crippen LogP contribution >= 0.6 is 0 Å². The lowest BCUT2D eigenvalue weighted by Crippen LogP contribution is -2.27. The average Bonchev–Trinajstić information content (AvgIpc) is 3.20. The van der Waals surface area contributed by atoms with Crippen molar-refractivity contribution in [3.8, 4) is 0 Å². The van der Waals surface area contributed by atoms with E-state index in [1.165, 1.54) is 16.9 Å². The molecule has 2 N–H and O–H groups in total. The van der Waals surface area contributed by atoms with E-state index in [1.807, 2.05) is 0 Å². The minimum atomic E-state index is -3.98. The molecule has 0 atom stereocenters. The van der Waals surface area contributed by atoms with Gasteiger partial charge in [0.1, 0.15) is 16.5 Å². The third-order valence-corrected chi connectivity index (χ3v) is 4.98. The van der Waals surface area contributed by atoms with Crippen molar-refractivity contribution in [3.63, 3.8) is 0 Å². The van der Waals surface area contributed by atoms with Crippen molar-refractivity contribution in [2.45, 2.75) is 23.8 Å². The Labute approximate surface area is 132 Å². The molecule has 1 aromatic carbocycles. The van der Waals surface area contributed by atoms with Gasteiger partial charge in [0.2, 0.25) is 10.0 Å². The van der Waals surface area contributed by atoms with Gasteiger partial charge in [0.15, 0.2) is 0 Å². The first-order chi connectivity index (χ1) is 10.9. The molecule has 1 heterocycles. The molecule has 0 bridgehead atoms. The van der Waals surface area contributed by atoms with Crippen molar-refractivity contribution in [1.82, 2.24) is 14.5 Å². The molecule has 122 valence electrons. The van der Waals surface area contributed by atoms with Crippen LogP contribution < -0.4 is 10.0 Å². The number of nitrogens with one attached hydrogen (secondary N) is 2. The number of carbonyl (C=O) groups excluding carboxylic acids is 1. The Morgan fingerprint density at radius 2 is 2.09 bits per heavy atom. The van der Waals surface area contributed by atoms with Crippen molar-refractivity contribution in [3.05, 3.63) is 41.8 Å². The van der Waals surface area contributed by atoms with Crippen LogP contribution in [0.3, 0.4) is 0 Å². The minimum Gasteiger partial charge on any atom is -0.307 e. The second kappa shape index (κ2) is 5.74. The molecule has 1 aliphatic rings. The van der Waals surface area contributed by atoms with E-state index < -0.39 is 26.6 Å². The third-order valence-electron chi connectivity index (χ3n) is 3.44. The van der Waals surface area contributed by atoms with E-state index in [1.54, 1.807) is 13.1 Å². The number of aryl methyl sites for hydroxylation is 1. The SMILES string of the molecule is Cn1nccc1NC(=O)c1ccc(F)c(S(=O)(=O)NC2CC2)c1. The van der Waals surface area contributed by atoms with Crippen molar-refractivity contribution in [2.75, 3.05) is 5.32 Å². The van der Waals surface area contributed by atoms with E-state index in [2.05, 4.69) is 15.1 Å². The van der Waals surface area contributed by atoms with Crippen LogP contribution in [0.25, 0.3) is 0 Å². The first-order valence-corrected chi connectivity index (χ1v) is 8.46. The van der Waals surface area contributed by atoms with Gasteiger partial charge in [0.25, 0.3) is 5.91 Å². The Balaban J connectivity index is 1.87. The van der Waals surface area contributed by atoms with Gasteiger partial charge >= 0.3 is 0 Å². The second-order valence-corrected chi connectivity index (χ2v) is 7.02. The zero-order valence-corrected chi connectivity index (χ0v) is 13.1. The maximum absolute atomic E-state index is 13.9. The molecule has 1 fully saturated rings. The van der Waals surface area contributed by atoms with Gasteiger partial charge in [-0.1, -0.05) is 0 Å². The predicted molar refractivity (Wildman–Crippen MR) is 80.9 cm³/mol. The number of sulfonamides is 1. The number of aromatic nitrogens is 2. The molecule has 2 aromatic rings. The van der Waals surface area contributed by atoms with Crippen LogP contribution in [0, 0.1) is 5.82 Å². The summed E-state index contributed by atoms with van der Waals surface area (Å²) in [6.07, 6.45) is 2.98. The van der Waals surface area contributed by atoms with E-state index in [0.29, 0.717) is 5.82 Å². The van der Waals surface area contributed by atoms with Crippen molar-refractivity contribution >= 4 is 21.7 Å². The molecule has 0 spiro atoms. The summed E-state index contributed by atoms with van der Waals surface area (Å²) in [6.45, 7) is 0. The molecular weight excluding hydrogens is 323 g/mol. The number of amides is 1. The van der Waals surface area contributed by atoms with Crippen molar-refractivity contribution in [1.29, 1.82) is 0 Å². The van der Waals surface area contributed by atoms with Crippen LogP contribution in [0.4, 0.5) is 10.2 Å². The largest absolute Gasteiger partial charge is 0.307 e. The fraction of sp³-hybridized carbons (Fsp3) is 0.286. The molecule has 1 aromatic heterocycles. The molecule has 1 aliphatic carbocycles. The number of rotatable bonds is 5. The fourth-order valence-corrected chi connectivity index (χ4v) is 3.43. The quantitative estimate of drug-likeness (QED) is 0.858. The molecule has 23 heavy (non-hydrogen) atoms. The summed E-state index contributed by atoms with van der Waals surface area (Å²) < 4.78 is 42.0. The molecule has 0 radical (unpaired) electrons. The molecule has 9 heteroatoms. The maximum atomic E-state index is 13.9. The molecule has 0 saturated heterocycles. The minimum absolute atomic E-state index is 0.0452. The van der Waals surface area contributed by atoms with Crippen molar-refractivity contribution < 1.29 is 17.6 Å². The number of benzene rings is 1. The summed E-state index contributed by atoms with van der Waals surface area (Å²) in [4.78, 5) is 11.7. The van der Waals surface area contributed by atoms with Crippen LogP contribution in [-0.2, 0) is 17.1 Å².